The Morgan fingerprint density at radius 2 is 1.11 bits per heavy atom. The van der Waals surface area contributed by atoms with Gasteiger partial charge < -0.3 is 5.73 Å². The van der Waals surface area contributed by atoms with Crippen molar-refractivity contribution in [1.29, 1.82) is 0 Å². The first kappa shape index (κ1) is 13.0. The minimum Gasteiger partial charge on any atom is -0.328 e. The maximum absolute atomic E-state index is 6.13. The van der Waals surface area contributed by atoms with E-state index >= 15 is 0 Å². The molecule has 0 saturated heterocycles. The van der Waals surface area contributed by atoms with E-state index in [-0.39, 0.29) is 0 Å². The molecule has 18 heavy (non-hydrogen) atoms. The molecule has 0 aromatic heterocycles. The molecule has 4 unspecified atom stereocenters. The van der Waals surface area contributed by atoms with E-state index in [4.69, 9.17) is 5.73 Å². The molecule has 0 aromatic carbocycles. The molecule has 2 N–H and O–H groups in total. The van der Waals surface area contributed by atoms with Crippen LogP contribution in [0.1, 0.15) is 71.1 Å². The number of rotatable bonds is 1. The second-order valence-electron chi connectivity index (χ2n) is 7.69. The van der Waals surface area contributed by atoms with Gasteiger partial charge in [0, 0.05) is 6.04 Å². The van der Waals surface area contributed by atoms with Crippen molar-refractivity contribution in [2.75, 3.05) is 0 Å². The Morgan fingerprint density at radius 1 is 0.611 bits per heavy atom. The highest BCUT2D eigenvalue weighted by Gasteiger charge is 2.37. The second kappa shape index (κ2) is 5.53. The van der Waals surface area contributed by atoms with Gasteiger partial charge in [0.2, 0.25) is 0 Å². The van der Waals surface area contributed by atoms with Crippen LogP contribution in [0.5, 0.6) is 0 Å². The van der Waals surface area contributed by atoms with Crippen molar-refractivity contribution >= 4 is 0 Å². The molecule has 3 fully saturated rings. The van der Waals surface area contributed by atoms with Gasteiger partial charge in [-0.25, -0.2) is 0 Å². The van der Waals surface area contributed by atoms with Crippen LogP contribution in [0.3, 0.4) is 0 Å². The fourth-order valence-corrected chi connectivity index (χ4v) is 5.15. The first-order valence-electron chi connectivity index (χ1n) is 8.48. The van der Waals surface area contributed by atoms with Crippen LogP contribution in [-0.2, 0) is 0 Å². The largest absolute Gasteiger partial charge is 0.328 e. The molecule has 3 saturated carbocycles. The lowest BCUT2D eigenvalue weighted by atomic mass is 9.62. The highest BCUT2D eigenvalue weighted by molar-refractivity contribution is 4.90. The van der Waals surface area contributed by atoms with Crippen molar-refractivity contribution < 1.29 is 0 Å². The molecule has 0 bridgehead atoms. The lowest BCUT2D eigenvalue weighted by Crippen LogP contribution is -2.38. The molecule has 104 valence electrons. The summed E-state index contributed by atoms with van der Waals surface area (Å²) in [5, 5.41) is 0. The second-order valence-corrected chi connectivity index (χ2v) is 7.69. The summed E-state index contributed by atoms with van der Waals surface area (Å²) in [7, 11) is 0. The molecular weight excluding hydrogens is 218 g/mol. The molecule has 4 atom stereocenters. The van der Waals surface area contributed by atoms with Crippen molar-refractivity contribution in [2.45, 2.75) is 77.2 Å². The summed E-state index contributed by atoms with van der Waals surface area (Å²) in [5.74, 6) is 5.20. The van der Waals surface area contributed by atoms with E-state index in [1.807, 2.05) is 0 Å². The lowest BCUT2D eigenvalue weighted by molar-refractivity contribution is 0.0740. The third-order valence-electron chi connectivity index (χ3n) is 6.42. The monoisotopic (exact) mass is 249 g/mol. The van der Waals surface area contributed by atoms with Gasteiger partial charge in [0.25, 0.3) is 0 Å². The van der Waals surface area contributed by atoms with Crippen LogP contribution in [0.2, 0.25) is 0 Å². The average Bonchev–Trinajstić information content (AvgIpc) is 2.39. The fraction of sp³-hybridized carbons (Fsp3) is 1.00. The van der Waals surface area contributed by atoms with E-state index < -0.39 is 0 Å². The first-order valence-corrected chi connectivity index (χ1v) is 8.48. The quantitative estimate of drug-likeness (QED) is 0.734. The topological polar surface area (TPSA) is 26.0 Å². The summed E-state index contributed by atoms with van der Waals surface area (Å²) in [6.07, 6.45) is 14.7. The third kappa shape index (κ3) is 2.76. The number of hydrogen-bond donors (Lipinski definition) is 1. The molecule has 0 spiro atoms. The summed E-state index contributed by atoms with van der Waals surface area (Å²) < 4.78 is 0. The third-order valence-corrected chi connectivity index (χ3v) is 6.42. The average molecular weight is 249 g/mol. The van der Waals surface area contributed by atoms with Crippen LogP contribution in [0, 0.1) is 29.6 Å². The Labute approximate surface area is 113 Å². The van der Waals surface area contributed by atoms with E-state index in [0.29, 0.717) is 6.04 Å². The van der Waals surface area contributed by atoms with Gasteiger partial charge in [-0.15, -0.1) is 0 Å². The van der Waals surface area contributed by atoms with E-state index in [1.165, 1.54) is 57.8 Å². The summed E-state index contributed by atoms with van der Waals surface area (Å²) >= 11 is 0. The molecule has 0 amide bonds. The van der Waals surface area contributed by atoms with E-state index in [1.54, 1.807) is 6.42 Å². The molecule has 3 aliphatic rings. The predicted molar refractivity (Wildman–Crippen MR) is 77.3 cm³/mol. The molecule has 1 heteroatoms. The molecule has 3 rings (SSSR count). The molecule has 0 aliphatic heterocycles. The van der Waals surface area contributed by atoms with Crippen LogP contribution >= 0.6 is 0 Å². The number of nitrogens with two attached hydrogens (primary N) is 1. The van der Waals surface area contributed by atoms with Gasteiger partial charge in [-0.05, 0) is 81.0 Å². The van der Waals surface area contributed by atoms with Gasteiger partial charge in [-0.3, -0.25) is 0 Å². The Bertz CT molecular complexity index is 264. The Hall–Kier alpha value is -0.0400. The van der Waals surface area contributed by atoms with Crippen LogP contribution in [0.25, 0.3) is 0 Å². The van der Waals surface area contributed by atoms with Crippen LogP contribution in [0.4, 0.5) is 0 Å². The summed E-state index contributed by atoms with van der Waals surface area (Å²) in [6, 6.07) is 0.526. The Kier molecular flexibility index (Phi) is 3.98. The van der Waals surface area contributed by atoms with E-state index in [9.17, 15) is 0 Å². The van der Waals surface area contributed by atoms with Crippen molar-refractivity contribution in [1.82, 2.24) is 0 Å². The van der Waals surface area contributed by atoms with Crippen LogP contribution in [-0.4, -0.2) is 6.04 Å². The minimum absolute atomic E-state index is 0.526. The van der Waals surface area contributed by atoms with Gasteiger partial charge in [0.05, 0.1) is 0 Å². The van der Waals surface area contributed by atoms with Gasteiger partial charge in [-0.1, -0.05) is 19.8 Å². The highest BCUT2D eigenvalue weighted by Crippen LogP contribution is 2.47. The molecular formula is C17H31N. The summed E-state index contributed by atoms with van der Waals surface area (Å²) in [6.45, 7) is 2.44. The van der Waals surface area contributed by atoms with Crippen LogP contribution < -0.4 is 5.73 Å². The normalized spacial score (nSPS) is 49.7. The lowest BCUT2D eigenvalue weighted by Gasteiger charge is -2.44. The van der Waals surface area contributed by atoms with Crippen molar-refractivity contribution in [3.8, 4) is 0 Å². The zero-order chi connectivity index (χ0) is 12.5. The SMILES string of the molecule is CC1CCC(C2CCC3CC(N)CCC3C2)CC1. The molecule has 3 aliphatic carbocycles. The standard InChI is InChI=1S/C17H31N/c1-12-2-4-13(5-3-12)14-6-7-16-11-17(18)9-8-15(16)10-14/h12-17H,2-11,18H2,1H3. The molecule has 0 heterocycles. The van der Waals surface area contributed by atoms with Crippen molar-refractivity contribution in [3.05, 3.63) is 0 Å². The molecule has 1 nitrogen and oxygen atoms in total. The predicted octanol–water partition coefficient (Wildman–Crippen LogP) is 4.36. The number of hydrogen-bond acceptors (Lipinski definition) is 1. The van der Waals surface area contributed by atoms with Gasteiger partial charge >= 0.3 is 0 Å². The van der Waals surface area contributed by atoms with E-state index in [2.05, 4.69) is 6.92 Å². The number of fused-ring (bicyclic) bond motifs is 1. The first-order chi connectivity index (χ1) is 8.72. The van der Waals surface area contributed by atoms with Gasteiger partial charge in [0.15, 0.2) is 0 Å². The Morgan fingerprint density at radius 3 is 1.83 bits per heavy atom. The van der Waals surface area contributed by atoms with Gasteiger partial charge in [0.1, 0.15) is 0 Å². The maximum Gasteiger partial charge on any atom is 0.00416 e. The fourth-order valence-electron chi connectivity index (χ4n) is 5.15. The van der Waals surface area contributed by atoms with Crippen LogP contribution in [0.15, 0.2) is 0 Å². The maximum atomic E-state index is 6.13. The Balaban J connectivity index is 1.54. The molecule has 0 aromatic rings. The smallest absolute Gasteiger partial charge is 0.00416 e. The highest BCUT2D eigenvalue weighted by atomic mass is 14.6. The summed E-state index contributed by atoms with van der Waals surface area (Å²) in [4.78, 5) is 0. The zero-order valence-electron chi connectivity index (χ0n) is 12.1. The summed E-state index contributed by atoms with van der Waals surface area (Å²) in [5.41, 5.74) is 6.13. The van der Waals surface area contributed by atoms with E-state index in [0.717, 1.165) is 29.6 Å². The molecule has 0 radical (unpaired) electrons. The zero-order valence-corrected chi connectivity index (χ0v) is 12.1. The van der Waals surface area contributed by atoms with Crippen molar-refractivity contribution in [2.24, 2.45) is 35.3 Å². The minimum atomic E-state index is 0.526. The van der Waals surface area contributed by atoms with Crippen molar-refractivity contribution in [3.63, 3.8) is 0 Å². The van der Waals surface area contributed by atoms with Gasteiger partial charge in [-0.2, -0.15) is 0 Å².